The van der Waals surface area contributed by atoms with Crippen LogP contribution in [0.3, 0.4) is 0 Å². The molecule has 0 aliphatic heterocycles. The molecule has 0 spiro atoms. The molecule has 3 N–H and O–H groups in total. The minimum atomic E-state index is -0.218. The number of imidazole rings is 1. The zero-order valence-electron chi connectivity index (χ0n) is 10.7. The van der Waals surface area contributed by atoms with Crippen molar-refractivity contribution in [2.45, 2.75) is 13.8 Å². The van der Waals surface area contributed by atoms with E-state index in [1.807, 2.05) is 26.0 Å². The smallest absolute Gasteiger partial charge is 0.273 e. The van der Waals surface area contributed by atoms with Gasteiger partial charge in [-0.05, 0) is 37.1 Å². The molecule has 0 aliphatic rings. The predicted octanol–water partition coefficient (Wildman–Crippen LogP) is 1.87. The maximum atomic E-state index is 12.0. The van der Waals surface area contributed by atoms with Gasteiger partial charge in [-0.1, -0.05) is 0 Å². The van der Waals surface area contributed by atoms with Gasteiger partial charge in [-0.15, -0.1) is 0 Å². The largest absolute Gasteiger partial charge is 0.397 e. The van der Waals surface area contributed by atoms with E-state index in [-0.39, 0.29) is 5.91 Å². The van der Waals surface area contributed by atoms with Crippen LogP contribution in [0, 0.1) is 13.8 Å². The second-order valence-electron chi connectivity index (χ2n) is 4.37. The van der Waals surface area contributed by atoms with Crippen molar-refractivity contribution in [3.63, 3.8) is 0 Å². The fraction of sp³-hybridized carbons (Fsp3) is 0.231. The van der Waals surface area contributed by atoms with Crippen LogP contribution in [0.1, 0.15) is 21.6 Å². The third-order valence-corrected chi connectivity index (χ3v) is 2.96. The van der Waals surface area contributed by atoms with Crippen LogP contribution in [-0.2, 0) is 7.05 Å². The Morgan fingerprint density at radius 2 is 2.00 bits per heavy atom. The molecule has 0 unspecified atom stereocenters. The molecule has 1 heterocycles. The van der Waals surface area contributed by atoms with Crippen molar-refractivity contribution >= 4 is 17.3 Å². The molecule has 1 aromatic carbocycles. The van der Waals surface area contributed by atoms with Gasteiger partial charge in [0.1, 0.15) is 5.69 Å². The standard InChI is InChI=1S/C13H16N4O/c1-8-4-10(14)11(5-9(8)2)16-13(18)12-6-15-7-17(12)3/h4-7H,14H2,1-3H3,(H,16,18). The number of hydrogen-bond donors (Lipinski definition) is 2. The fourth-order valence-electron chi connectivity index (χ4n) is 1.71. The van der Waals surface area contributed by atoms with E-state index < -0.39 is 0 Å². The summed E-state index contributed by atoms with van der Waals surface area (Å²) in [7, 11) is 1.77. The fourth-order valence-corrected chi connectivity index (χ4v) is 1.71. The highest BCUT2D eigenvalue weighted by molar-refractivity contribution is 6.04. The van der Waals surface area contributed by atoms with Gasteiger partial charge < -0.3 is 15.6 Å². The van der Waals surface area contributed by atoms with Gasteiger partial charge in [-0.25, -0.2) is 4.98 Å². The highest BCUT2D eigenvalue weighted by Crippen LogP contribution is 2.23. The van der Waals surface area contributed by atoms with Gasteiger partial charge in [-0.2, -0.15) is 0 Å². The number of hydrogen-bond acceptors (Lipinski definition) is 3. The molecule has 0 bridgehead atoms. The lowest BCUT2D eigenvalue weighted by atomic mass is 10.1. The molecule has 94 valence electrons. The Morgan fingerprint density at radius 1 is 1.33 bits per heavy atom. The minimum Gasteiger partial charge on any atom is -0.397 e. The Kier molecular flexibility index (Phi) is 3.06. The zero-order valence-corrected chi connectivity index (χ0v) is 10.7. The molecule has 5 heteroatoms. The molecule has 0 saturated carbocycles. The number of nitrogens with one attached hydrogen (secondary N) is 1. The minimum absolute atomic E-state index is 0.218. The Hall–Kier alpha value is -2.30. The highest BCUT2D eigenvalue weighted by atomic mass is 16.2. The topological polar surface area (TPSA) is 72.9 Å². The van der Waals surface area contributed by atoms with E-state index in [1.54, 1.807) is 17.9 Å². The van der Waals surface area contributed by atoms with Gasteiger partial charge in [0.15, 0.2) is 0 Å². The number of aromatic nitrogens is 2. The summed E-state index contributed by atoms with van der Waals surface area (Å²) in [5, 5.41) is 2.80. The molecule has 0 atom stereocenters. The summed E-state index contributed by atoms with van der Waals surface area (Å²) >= 11 is 0. The molecular weight excluding hydrogens is 228 g/mol. The average molecular weight is 244 g/mol. The van der Waals surface area contributed by atoms with Gasteiger partial charge >= 0.3 is 0 Å². The van der Waals surface area contributed by atoms with Crippen LogP contribution in [0.5, 0.6) is 0 Å². The summed E-state index contributed by atoms with van der Waals surface area (Å²) < 4.78 is 1.66. The molecule has 5 nitrogen and oxygen atoms in total. The predicted molar refractivity (Wildman–Crippen MR) is 71.5 cm³/mol. The number of benzene rings is 1. The summed E-state index contributed by atoms with van der Waals surface area (Å²) in [6.45, 7) is 3.97. The maximum Gasteiger partial charge on any atom is 0.273 e. The Balaban J connectivity index is 2.28. The van der Waals surface area contributed by atoms with E-state index in [0.717, 1.165) is 11.1 Å². The first kappa shape index (κ1) is 12.2. The van der Waals surface area contributed by atoms with Gasteiger partial charge in [0.25, 0.3) is 5.91 Å². The Morgan fingerprint density at radius 3 is 2.61 bits per heavy atom. The Bertz CT molecular complexity index is 601. The van der Waals surface area contributed by atoms with Crippen molar-refractivity contribution < 1.29 is 4.79 Å². The van der Waals surface area contributed by atoms with Crippen molar-refractivity contribution in [2.24, 2.45) is 7.05 Å². The number of rotatable bonds is 2. The molecule has 2 aromatic rings. The van der Waals surface area contributed by atoms with Gasteiger partial charge in [0, 0.05) is 7.05 Å². The summed E-state index contributed by atoms with van der Waals surface area (Å²) in [5.41, 5.74) is 9.77. The Labute approximate surface area is 106 Å². The van der Waals surface area contributed by atoms with E-state index in [0.29, 0.717) is 17.1 Å². The molecule has 1 aromatic heterocycles. The summed E-state index contributed by atoms with van der Waals surface area (Å²) in [4.78, 5) is 15.9. The van der Waals surface area contributed by atoms with Crippen molar-refractivity contribution in [1.82, 2.24) is 9.55 Å². The number of amides is 1. The van der Waals surface area contributed by atoms with Crippen LogP contribution in [0.2, 0.25) is 0 Å². The quantitative estimate of drug-likeness (QED) is 0.792. The normalized spacial score (nSPS) is 10.4. The van der Waals surface area contributed by atoms with E-state index in [9.17, 15) is 4.79 Å². The van der Waals surface area contributed by atoms with Crippen LogP contribution in [0.25, 0.3) is 0 Å². The second kappa shape index (κ2) is 4.52. The van der Waals surface area contributed by atoms with Crippen molar-refractivity contribution in [1.29, 1.82) is 0 Å². The molecule has 18 heavy (non-hydrogen) atoms. The molecule has 0 fully saturated rings. The number of nitrogens with zero attached hydrogens (tertiary/aromatic N) is 2. The van der Waals surface area contributed by atoms with E-state index in [1.165, 1.54) is 6.20 Å². The first-order chi connectivity index (χ1) is 8.49. The SMILES string of the molecule is Cc1cc(N)c(NC(=O)c2cncn2C)cc1C. The molecule has 0 radical (unpaired) electrons. The molecule has 2 rings (SSSR count). The number of nitrogens with two attached hydrogens (primary N) is 1. The van der Waals surface area contributed by atoms with Crippen LogP contribution < -0.4 is 11.1 Å². The third kappa shape index (κ3) is 2.20. The lowest BCUT2D eigenvalue weighted by Crippen LogP contribution is -2.16. The number of aryl methyl sites for hydroxylation is 3. The van der Waals surface area contributed by atoms with Gasteiger partial charge in [0.05, 0.1) is 23.9 Å². The molecule has 0 aliphatic carbocycles. The lowest BCUT2D eigenvalue weighted by molar-refractivity contribution is 0.101. The zero-order chi connectivity index (χ0) is 13.3. The molecular formula is C13H16N4O. The number of nitrogen functional groups attached to an aromatic ring is 1. The van der Waals surface area contributed by atoms with Crippen molar-refractivity contribution in [2.75, 3.05) is 11.1 Å². The summed E-state index contributed by atoms with van der Waals surface area (Å²) in [5.74, 6) is -0.218. The van der Waals surface area contributed by atoms with Crippen molar-refractivity contribution in [3.05, 3.63) is 41.5 Å². The lowest BCUT2D eigenvalue weighted by Gasteiger charge is -2.11. The molecule has 1 amide bonds. The molecule has 0 saturated heterocycles. The highest BCUT2D eigenvalue weighted by Gasteiger charge is 2.12. The third-order valence-electron chi connectivity index (χ3n) is 2.96. The van der Waals surface area contributed by atoms with Crippen LogP contribution in [0.4, 0.5) is 11.4 Å². The summed E-state index contributed by atoms with van der Waals surface area (Å²) in [6.07, 6.45) is 3.10. The number of carbonyl (C=O) groups excluding carboxylic acids is 1. The first-order valence-electron chi connectivity index (χ1n) is 5.63. The average Bonchev–Trinajstić information content (AvgIpc) is 2.72. The summed E-state index contributed by atoms with van der Waals surface area (Å²) in [6, 6.07) is 3.73. The van der Waals surface area contributed by atoms with Gasteiger partial charge in [0.2, 0.25) is 0 Å². The van der Waals surface area contributed by atoms with Crippen LogP contribution >= 0.6 is 0 Å². The van der Waals surface area contributed by atoms with E-state index >= 15 is 0 Å². The second-order valence-corrected chi connectivity index (χ2v) is 4.37. The monoisotopic (exact) mass is 244 g/mol. The first-order valence-corrected chi connectivity index (χ1v) is 5.63. The van der Waals surface area contributed by atoms with Gasteiger partial charge in [-0.3, -0.25) is 4.79 Å². The number of anilines is 2. The van der Waals surface area contributed by atoms with E-state index in [4.69, 9.17) is 5.73 Å². The maximum absolute atomic E-state index is 12.0. The number of carbonyl (C=O) groups is 1. The van der Waals surface area contributed by atoms with Crippen molar-refractivity contribution in [3.8, 4) is 0 Å². The van der Waals surface area contributed by atoms with E-state index in [2.05, 4.69) is 10.3 Å². The van der Waals surface area contributed by atoms with Crippen LogP contribution in [-0.4, -0.2) is 15.5 Å². The van der Waals surface area contributed by atoms with Crippen LogP contribution in [0.15, 0.2) is 24.7 Å².